The molecule has 1 atom stereocenters. The van der Waals surface area contributed by atoms with Gasteiger partial charge in [0.1, 0.15) is 15.9 Å². The highest BCUT2D eigenvalue weighted by Crippen LogP contribution is 2.34. The molecular weight excluding hydrogens is 603 g/mol. The number of hydrogen-bond acceptors (Lipinski definition) is 7. The summed E-state index contributed by atoms with van der Waals surface area (Å²) >= 11 is 1.09. The lowest BCUT2D eigenvalue weighted by atomic mass is 10.0. The monoisotopic (exact) mass is 631 g/mol. The maximum absolute atomic E-state index is 13.1. The van der Waals surface area contributed by atoms with Crippen molar-refractivity contribution in [3.8, 4) is 21.7 Å². The predicted molar refractivity (Wildman–Crippen MR) is 158 cm³/mol. The normalized spacial score (nSPS) is 12.5. The summed E-state index contributed by atoms with van der Waals surface area (Å²) in [6.45, 7) is 5.14. The number of nitrogens with zero attached hydrogens (tertiary/aromatic N) is 1. The Morgan fingerprint density at radius 2 is 1.56 bits per heavy atom. The van der Waals surface area contributed by atoms with Gasteiger partial charge in [0.2, 0.25) is 10.0 Å². The van der Waals surface area contributed by atoms with Gasteiger partial charge in [-0.1, -0.05) is 37.3 Å². The number of thiazole rings is 1. The molecule has 2 N–H and O–H groups in total. The number of aryl methyl sites for hydroxylation is 2. The number of carbonyl (C=O) groups is 2. The number of hydrogen-bond donors (Lipinski definition) is 2. The lowest BCUT2D eigenvalue weighted by Gasteiger charge is -2.15. The van der Waals surface area contributed by atoms with Gasteiger partial charge >= 0.3 is 12.1 Å². The molecule has 0 aliphatic rings. The molecule has 4 rings (SSSR count). The number of rotatable bonds is 9. The second-order valence-corrected chi connectivity index (χ2v) is 12.3. The molecule has 0 fully saturated rings. The molecule has 0 aliphatic heterocycles. The van der Waals surface area contributed by atoms with Crippen molar-refractivity contribution in [1.29, 1.82) is 0 Å². The van der Waals surface area contributed by atoms with Gasteiger partial charge in [-0.15, -0.1) is 11.3 Å². The fourth-order valence-corrected chi connectivity index (χ4v) is 6.45. The van der Waals surface area contributed by atoms with E-state index in [1.807, 2.05) is 13.0 Å². The van der Waals surface area contributed by atoms with Gasteiger partial charge in [0.15, 0.2) is 0 Å². The Balaban J connectivity index is 1.47. The molecule has 0 bridgehead atoms. The van der Waals surface area contributed by atoms with Crippen LogP contribution in [0, 0.1) is 13.8 Å². The van der Waals surface area contributed by atoms with E-state index in [-0.39, 0.29) is 11.3 Å². The zero-order chi connectivity index (χ0) is 31.5. The molecule has 0 saturated carbocycles. The summed E-state index contributed by atoms with van der Waals surface area (Å²) in [6.07, 6.45) is -4.21. The van der Waals surface area contributed by atoms with Crippen LogP contribution in [0.25, 0.3) is 21.7 Å². The van der Waals surface area contributed by atoms with Gasteiger partial charge in [-0.25, -0.2) is 13.4 Å². The van der Waals surface area contributed by atoms with Gasteiger partial charge in [0.05, 0.1) is 23.3 Å². The maximum Gasteiger partial charge on any atom is 0.416 e. The summed E-state index contributed by atoms with van der Waals surface area (Å²) in [6, 6.07) is 15.1. The number of nitrogens with one attached hydrogen (secondary N) is 2. The lowest BCUT2D eigenvalue weighted by Crippen LogP contribution is -2.40. The van der Waals surface area contributed by atoms with E-state index >= 15 is 0 Å². The molecule has 8 nitrogen and oxygen atoms in total. The van der Waals surface area contributed by atoms with Crippen molar-refractivity contribution in [2.24, 2.45) is 0 Å². The fourth-order valence-electron chi connectivity index (χ4n) is 4.22. The Morgan fingerprint density at radius 3 is 2.12 bits per heavy atom. The van der Waals surface area contributed by atoms with E-state index in [0.717, 1.165) is 40.2 Å². The molecule has 3 aromatic carbocycles. The number of alkyl halides is 3. The van der Waals surface area contributed by atoms with Crippen molar-refractivity contribution < 1.29 is 35.9 Å². The fraction of sp³-hybridized carbons (Fsp3) is 0.233. The summed E-state index contributed by atoms with van der Waals surface area (Å²) in [5.74, 6) is -1.07. The van der Waals surface area contributed by atoms with Gasteiger partial charge in [0, 0.05) is 11.3 Å². The topological polar surface area (TPSA) is 114 Å². The van der Waals surface area contributed by atoms with Gasteiger partial charge in [-0.2, -0.15) is 17.9 Å². The third-order valence-corrected chi connectivity index (χ3v) is 9.32. The zero-order valence-electron chi connectivity index (χ0n) is 23.6. The third-order valence-electron chi connectivity index (χ3n) is 6.63. The number of carbonyl (C=O) groups excluding carboxylic acids is 2. The summed E-state index contributed by atoms with van der Waals surface area (Å²) in [4.78, 5) is 29.6. The molecule has 4 aromatic rings. The molecular formula is C30H28F3N3O5S2. The standard InChI is InChI=1S/C30H28F3N3O5S2/c1-5-24(29(38)41-4)36-43(39,40)23-13-8-19(9-14-23)21-10-15-25(17(2)16-21)35-27(37)26-18(3)34-28(42-26)20-6-11-22(12-7-20)30(31,32)33/h6-16,24,36H,5H2,1-4H3,(H,35,37)/t24-/m0/s1. The van der Waals surface area contributed by atoms with Crippen LogP contribution < -0.4 is 10.0 Å². The van der Waals surface area contributed by atoms with Gasteiger partial charge < -0.3 is 10.1 Å². The third kappa shape index (κ3) is 7.29. The highest BCUT2D eigenvalue weighted by atomic mass is 32.2. The first-order chi connectivity index (χ1) is 20.2. The quantitative estimate of drug-likeness (QED) is 0.201. The Hall–Kier alpha value is -4.07. The molecule has 1 heterocycles. The number of halogens is 3. The van der Waals surface area contributed by atoms with Crippen molar-refractivity contribution in [1.82, 2.24) is 9.71 Å². The first-order valence-electron chi connectivity index (χ1n) is 13.0. The van der Waals surface area contributed by atoms with Crippen LogP contribution in [-0.4, -0.2) is 38.4 Å². The molecule has 226 valence electrons. The van der Waals surface area contributed by atoms with Crippen LogP contribution in [0.4, 0.5) is 18.9 Å². The van der Waals surface area contributed by atoms with E-state index in [0.29, 0.717) is 26.8 Å². The van der Waals surface area contributed by atoms with Crippen LogP contribution in [0.2, 0.25) is 0 Å². The first kappa shape index (κ1) is 31.9. The minimum absolute atomic E-state index is 0.00481. The molecule has 1 aromatic heterocycles. The van der Waals surface area contributed by atoms with Crippen LogP contribution in [0.15, 0.2) is 71.6 Å². The average molecular weight is 632 g/mol. The van der Waals surface area contributed by atoms with Crippen LogP contribution >= 0.6 is 11.3 Å². The van der Waals surface area contributed by atoms with E-state index in [1.165, 1.54) is 31.4 Å². The summed E-state index contributed by atoms with van der Waals surface area (Å²) in [5.41, 5.74) is 2.98. The van der Waals surface area contributed by atoms with Crippen LogP contribution in [0.3, 0.4) is 0 Å². The van der Waals surface area contributed by atoms with E-state index in [4.69, 9.17) is 0 Å². The summed E-state index contributed by atoms with van der Waals surface area (Å²) in [7, 11) is -2.77. The number of esters is 1. The molecule has 0 spiro atoms. The van der Waals surface area contributed by atoms with E-state index < -0.39 is 39.7 Å². The number of amides is 1. The highest BCUT2D eigenvalue weighted by Gasteiger charge is 2.30. The summed E-state index contributed by atoms with van der Waals surface area (Å²) in [5, 5.41) is 3.29. The van der Waals surface area contributed by atoms with E-state index in [9.17, 15) is 31.2 Å². The van der Waals surface area contributed by atoms with Crippen molar-refractivity contribution in [2.45, 2.75) is 44.3 Å². The minimum atomic E-state index is -4.44. The second kappa shape index (κ2) is 12.7. The SMILES string of the molecule is CC[C@H](NS(=O)(=O)c1ccc(-c2ccc(NC(=O)c3sc(-c4ccc(C(F)(F)F)cc4)nc3C)c(C)c2)cc1)C(=O)OC. The summed E-state index contributed by atoms with van der Waals surface area (Å²) < 4.78 is 71.2. The number of anilines is 1. The number of ether oxygens (including phenoxy) is 1. The first-order valence-corrected chi connectivity index (χ1v) is 15.3. The van der Waals surface area contributed by atoms with E-state index in [2.05, 4.69) is 19.8 Å². The molecule has 0 unspecified atom stereocenters. The predicted octanol–water partition coefficient (Wildman–Crippen LogP) is 6.59. The van der Waals surface area contributed by atoms with Crippen LogP contribution in [0.5, 0.6) is 0 Å². The Bertz CT molecular complexity index is 1750. The Kier molecular flexibility index (Phi) is 9.38. The largest absolute Gasteiger partial charge is 0.468 e. The number of benzene rings is 3. The molecule has 43 heavy (non-hydrogen) atoms. The van der Waals surface area contributed by atoms with Crippen molar-refractivity contribution >= 4 is 38.9 Å². The lowest BCUT2D eigenvalue weighted by molar-refractivity contribution is -0.142. The molecule has 1 amide bonds. The maximum atomic E-state index is 13.1. The molecule has 0 saturated heterocycles. The van der Waals surface area contributed by atoms with Gasteiger partial charge in [-0.3, -0.25) is 9.59 Å². The zero-order valence-corrected chi connectivity index (χ0v) is 25.2. The Labute approximate surface area is 251 Å². The second-order valence-electron chi connectivity index (χ2n) is 9.62. The highest BCUT2D eigenvalue weighted by molar-refractivity contribution is 7.89. The number of aromatic nitrogens is 1. The van der Waals surface area contributed by atoms with Crippen molar-refractivity contribution in [2.75, 3.05) is 12.4 Å². The average Bonchev–Trinajstić information content (AvgIpc) is 3.37. The minimum Gasteiger partial charge on any atom is -0.468 e. The number of methoxy groups -OCH3 is 1. The molecule has 13 heteroatoms. The van der Waals surface area contributed by atoms with Crippen molar-refractivity contribution in [3.63, 3.8) is 0 Å². The van der Waals surface area contributed by atoms with E-state index in [1.54, 1.807) is 38.1 Å². The molecule has 0 radical (unpaired) electrons. The van der Waals surface area contributed by atoms with Gasteiger partial charge in [-0.05, 0) is 73.4 Å². The van der Waals surface area contributed by atoms with Crippen molar-refractivity contribution in [3.05, 3.63) is 88.4 Å². The van der Waals surface area contributed by atoms with Crippen LogP contribution in [-0.2, 0) is 25.7 Å². The molecule has 0 aliphatic carbocycles. The van der Waals surface area contributed by atoms with Crippen LogP contribution in [0.1, 0.15) is 39.8 Å². The van der Waals surface area contributed by atoms with Gasteiger partial charge in [0.25, 0.3) is 5.91 Å². The number of sulfonamides is 1. The smallest absolute Gasteiger partial charge is 0.416 e. The Morgan fingerprint density at radius 1 is 0.953 bits per heavy atom.